The highest BCUT2D eigenvalue weighted by Gasteiger charge is 2.35. The van der Waals surface area contributed by atoms with Gasteiger partial charge >= 0.3 is 5.97 Å². The molecule has 0 bridgehead atoms. The fourth-order valence-electron chi connectivity index (χ4n) is 4.95. The summed E-state index contributed by atoms with van der Waals surface area (Å²) in [5.74, 6) is 0.554. The quantitative estimate of drug-likeness (QED) is 0.248. The average molecular weight is 544 g/mol. The number of para-hydroxylation sites is 1. The number of hydrogen-bond acceptors (Lipinski definition) is 7. The fourth-order valence-corrected chi connectivity index (χ4v) is 5.99. The van der Waals surface area contributed by atoms with Crippen molar-refractivity contribution in [2.75, 3.05) is 20.8 Å². The normalized spacial score (nSPS) is 15.2. The summed E-state index contributed by atoms with van der Waals surface area (Å²) in [6.07, 6.45) is 5.74. The molecule has 0 saturated carbocycles. The molecule has 0 radical (unpaired) electrons. The lowest BCUT2D eigenvalue weighted by Crippen LogP contribution is -2.40. The molecule has 1 aliphatic heterocycles. The molecule has 4 aromatic rings. The van der Waals surface area contributed by atoms with Crippen LogP contribution in [-0.4, -0.2) is 35.9 Å². The van der Waals surface area contributed by atoms with Gasteiger partial charge in [-0.05, 0) is 38.1 Å². The standard InChI is InChI=1S/C30H29N3O5S/c1-6-14-32-17-19(21-10-8-9-11-23(21)32)15-25-28(34)33-27(22-13-12-20(36-4)16-24(22)37-5)26(29(35)38-7-2)18(3)31-30(33)39-25/h6,8-13,15-17,27H,1,7,14H2,2-5H3/b25-15-. The van der Waals surface area contributed by atoms with Crippen LogP contribution in [0.4, 0.5) is 0 Å². The first kappa shape index (κ1) is 26.2. The zero-order valence-electron chi connectivity index (χ0n) is 22.3. The van der Waals surface area contributed by atoms with Crippen molar-refractivity contribution < 1.29 is 19.0 Å². The van der Waals surface area contributed by atoms with Crippen molar-refractivity contribution in [1.29, 1.82) is 0 Å². The summed E-state index contributed by atoms with van der Waals surface area (Å²) in [4.78, 5) is 32.4. The van der Waals surface area contributed by atoms with Crippen molar-refractivity contribution in [3.63, 3.8) is 0 Å². The zero-order chi connectivity index (χ0) is 27.7. The predicted molar refractivity (Wildman–Crippen MR) is 152 cm³/mol. The lowest BCUT2D eigenvalue weighted by Gasteiger charge is -2.26. The SMILES string of the molecule is C=CCn1cc(/C=c2\sc3n(c2=O)C(c2ccc(OC)cc2OC)C(C(=O)OCC)=C(C)N=3)c2ccccc21. The molecule has 0 saturated heterocycles. The number of thiazole rings is 1. The molecule has 0 aliphatic carbocycles. The van der Waals surface area contributed by atoms with E-state index >= 15 is 0 Å². The van der Waals surface area contributed by atoms with Crippen LogP contribution in [0.15, 0.2) is 82.4 Å². The number of benzene rings is 2. The van der Waals surface area contributed by atoms with E-state index in [1.165, 1.54) is 11.3 Å². The van der Waals surface area contributed by atoms with Gasteiger partial charge in [-0.2, -0.15) is 0 Å². The van der Waals surface area contributed by atoms with Gasteiger partial charge in [0.15, 0.2) is 4.80 Å². The van der Waals surface area contributed by atoms with Crippen LogP contribution in [0.5, 0.6) is 11.5 Å². The van der Waals surface area contributed by atoms with Crippen molar-refractivity contribution in [2.24, 2.45) is 4.99 Å². The van der Waals surface area contributed by atoms with E-state index in [0.717, 1.165) is 16.5 Å². The van der Waals surface area contributed by atoms with Gasteiger partial charge in [0.1, 0.15) is 17.5 Å². The minimum absolute atomic E-state index is 0.196. The molecule has 5 rings (SSSR count). The molecule has 0 spiro atoms. The van der Waals surface area contributed by atoms with E-state index in [2.05, 4.69) is 16.1 Å². The predicted octanol–water partition coefficient (Wildman–Crippen LogP) is 3.96. The Morgan fingerprint density at radius 3 is 2.69 bits per heavy atom. The molecule has 8 nitrogen and oxygen atoms in total. The van der Waals surface area contributed by atoms with Gasteiger partial charge < -0.3 is 18.8 Å². The summed E-state index contributed by atoms with van der Waals surface area (Å²) in [6.45, 7) is 8.21. The molecule has 1 atom stereocenters. The molecule has 1 unspecified atom stereocenters. The summed E-state index contributed by atoms with van der Waals surface area (Å²) in [7, 11) is 3.11. The number of ether oxygens (including phenoxy) is 3. The molecule has 9 heteroatoms. The maximum atomic E-state index is 14.0. The minimum Gasteiger partial charge on any atom is -0.497 e. The summed E-state index contributed by atoms with van der Waals surface area (Å²) in [5.41, 5.74) is 3.13. The second-order valence-electron chi connectivity index (χ2n) is 8.95. The Bertz CT molecular complexity index is 1810. The van der Waals surface area contributed by atoms with Gasteiger partial charge in [0.25, 0.3) is 5.56 Å². The van der Waals surface area contributed by atoms with Crippen molar-refractivity contribution in [2.45, 2.75) is 26.4 Å². The Kier molecular flexibility index (Phi) is 7.26. The number of hydrogen-bond donors (Lipinski definition) is 0. The van der Waals surface area contributed by atoms with Gasteiger partial charge in [0, 0.05) is 40.8 Å². The van der Waals surface area contributed by atoms with Crippen LogP contribution in [0.25, 0.3) is 17.0 Å². The lowest BCUT2D eigenvalue weighted by molar-refractivity contribution is -0.139. The van der Waals surface area contributed by atoms with Gasteiger partial charge in [0.05, 0.1) is 36.6 Å². The first-order valence-corrected chi connectivity index (χ1v) is 13.3. The molecule has 200 valence electrons. The first-order chi connectivity index (χ1) is 18.9. The van der Waals surface area contributed by atoms with Crippen LogP contribution in [-0.2, 0) is 16.1 Å². The van der Waals surface area contributed by atoms with Crippen LogP contribution in [0.3, 0.4) is 0 Å². The number of aromatic nitrogens is 2. The molecule has 2 aromatic heterocycles. The van der Waals surface area contributed by atoms with Crippen molar-refractivity contribution in [3.05, 3.63) is 103 Å². The van der Waals surface area contributed by atoms with Crippen molar-refractivity contribution in [1.82, 2.24) is 9.13 Å². The third-order valence-corrected chi connectivity index (χ3v) is 7.67. The van der Waals surface area contributed by atoms with Crippen LogP contribution < -0.4 is 24.4 Å². The molecule has 39 heavy (non-hydrogen) atoms. The average Bonchev–Trinajstić information content (AvgIpc) is 3.44. The number of allylic oxidation sites excluding steroid dienone is 2. The molecule has 0 amide bonds. The van der Waals surface area contributed by atoms with Crippen molar-refractivity contribution >= 4 is 34.3 Å². The van der Waals surface area contributed by atoms with Crippen LogP contribution in [0.2, 0.25) is 0 Å². The minimum atomic E-state index is -0.787. The Morgan fingerprint density at radius 2 is 1.97 bits per heavy atom. The van der Waals surface area contributed by atoms with Crippen molar-refractivity contribution in [3.8, 4) is 11.5 Å². The molecule has 3 heterocycles. The van der Waals surface area contributed by atoms with E-state index in [1.807, 2.05) is 42.6 Å². The number of nitrogens with zero attached hydrogens (tertiary/aromatic N) is 3. The summed E-state index contributed by atoms with van der Waals surface area (Å²) in [5, 5.41) is 1.03. The first-order valence-electron chi connectivity index (χ1n) is 12.5. The molecular weight excluding hydrogens is 514 g/mol. The van der Waals surface area contributed by atoms with Gasteiger partial charge in [-0.3, -0.25) is 9.36 Å². The van der Waals surface area contributed by atoms with Gasteiger partial charge in [-0.1, -0.05) is 35.6 Å². The number of methoxy groups -OCH3 is 2. The Hall–Kier alpha value is -4.37. The Morgan fingerprint density at radius 1 is 1.18 bits per heavy atom. The second kappa shape index (κ2) is 10.8. The van der Waals surface area contributed by atoms with E-state index in [-0.39, 0.29) is 12.2 Å². The summed E-state index contributed by atoms with van der Waals surface area (Å²) >= 11 is 1.29. The zero-order valence-corrected chi connectivity index (χ0v) is 23.1. The number of carbonyl (C=O) groups excluding carboxylic acids is 1. The van der Waals surface area contributed by atoms with Gasteiger partial charge in [0.2, 0.25) is 0 Å². The fraction of sp³-hybridized carbons (Fsp3) is 0.233. The lowest BCUT2D eigenvalue weighted by atomic mass is 9.95. The highest BCUT2D eigenvalue weighted by atomic mass is 32.1. The van der Waals surface area contributed by atoms with Gasteiger partial charge in [-0.25, -0.2) is 9.79 Å². The number of fused-ring (bicyclic) bond motifs is 2. The summed E-state index contributed by atoms with van der Waals surface area (Å²) < 4.78 is 20.6. The van der Waals surface area contributed by atoms with E-state index in [9.17, 15) is 9.59 Å². The molecular formula is C30H29N3O5S. The van der Waals surface area contributed by atoms with Crippen LogP contribution in [0.1, 0.15) is 31.0 Å². The Labute approximate surface area is 229 Å². The molecule has 0 N–H and O–H groups in total. The highest BCUT2D eigenvalue weighted by Crippen LogP contribution is 2.37. The smallest absolute Gasteiger partial charge is 0.338 e. The molecule has 0 fully saturated rings. The Balaban J connectivity index is 1.77. The van der Waals surface area contributed by atoms with E-state index in [0.29, 0.717) is 44.2 Å². The maximum absolute atomic E-state index is 14.0. The molecule has 1 aliphatic rings. The van der Waals surface area contributed by atoms with Gasteiger partial charge in [-0.15, -0.1) is 6.58 Å². The number of esters is 1. The topological polar surface area (TPSA) is 84.0 Å². The van der Waals surface area contributed by atoms with E-state index < -0.39 is 12.0 Å². The van der Waals surface area contributed by atoms with Crippen LogP contribution in [0, 0.1) is 0 Å². The largest absolute Gasteiger partial charge is 0.497 e. The number of rotatable bonds is 8. The van der Waals surface area contributed by atoms with E-state index in [4.69, 9.17) is 14.2 Å². The van der Waals surface area contributed by atoms with E-state index in [1.54, 1.807) is 50.8 Å². The van der Waals surface area contributed by atoms with Crippen LogP contribution >= 0.6 is 11.3 Å². The monoisotopic (exact) mass is 543 g/mol. The maximum Gasteiger partial charge on any atom is 0.338 e. The summed E-state index contributed by atoms with van der Waals surface area (Å²) in [6, 6.07) is 12.6. The number of carbonyl (C=O) groups is 1. The molecule has 2 aromatic carbocycles. The second-order valence-corrected chi connectivity index (χ2v) is 9.96. The third-order valence-electron chi connectivity index (χ3n) is 6.68. The third kappa shape index (κ3) is 4.59. The highest BCUT2D eigenvalue weighted by molar-refractivity contribution is 7.07.